The Labute approximate surface area is 119 Å². The van der Waals surface area contributed by atoms with Gasteiger partial charge in [0.15, 0.2) is 0 Å². The summed E-state index contributed by atoms with van der Waals surface area (Å²) < 4.78 is 1.54. The Kier molecular flexibility index (Phi) is 4.52. The van der Waals surface area contributed by atoms with Gasteiger partial charge in [-0.15, -0.1) is 0 Å². The molecule has 20 heavy (non-hydrogen) atoms. The summed E-state index contributed by atoms with van der Waals surface area (Å²) in [5.41, 5.74) is 1.61. The molecule has 0 radical (unpaired) electrons. The van der Waals surface area contributed by atoms with Crippen LogP contribution in [0.15, 0.2) is 34.6 Å². The van der Waals surface area contributed by atoms with E-state index in [9.17, 15) is 14.9 Å². The van der Waals surface area contributed by atoms with Crippen LogP contribution in [-0.4, -0.2) is 16.0 Å². The van der Waals surface area contributed by atoms with E-state index in [0.29, 0.717) is 6.54 Å². The number of aromatic nitrogens is 1. The van der Waals surface area contributed by atoms with E-state index in [1.807, 2.05) is 6.92 Å². The largest absolute Gasteiger partial charge is 0.385 e. The highest BCUT2D eigenvalue weighted by atomic mass is 32.1. The normalized spacial score (nSPS) is 10.4. The van der Waals surface area contributed by atoms with E-state index in [-0.39, 0.29) is 10.6 Å². The molecule has 0 aliphatic heterocycles. The summed E-state index contributed by atoms with van der Waals surface area (Å²) in [6, 6.07) is 4.68. The third-order valence-electron chi connectivity index (χ3n) is 2.85. The van der Waals surface area contributed by atoms with Gasteiger partial charge in [0.25, 0.3) is 5.69 Å². The smallest absolute Gasteiger partial charge is 0.307 e. The number of rotatable bonds is 6. The second-order valence-corrected chi connectivity index (χ2v) is 5.18. The predicted octanol–water partition coefficient (Wildman–Crippen LogP) is 2.69. The Bertz CT molecular complexity index is 663. The maximum absolute atomic E-state index is 11.6. The Morgan fingerprint density at radius 3 is 2.85 bits per heavy atom. The topological polar surface area (TPSA) is 77.2 Å². The van der Waals surface area contributed by atoms with Crippen molar-refractivity contribution in [3.05, 3.63) is 55.1 Å². The van der Waals surface area contributed by atoms with Crippen LogP contribution in [0.4, 0.5) is 11.4 Å². The minimum absolute atomic E-state index is 0.0327. The SMILES string of the molecule is CCCNc1ccc([N+](=O)[O-])cc1Cn1ccsc1=O. The number of nitrogens with one attached hydrogen (secondary N) is 1. The Morgan fingerprint density at radius 2 is 2.25 bits per heavy atom. The maximum atomic E-state index is 11.6. The lowest BCUT2D eigenvalue weighted by atomic mass is 10.1. The van der Waals surface area contributed by atoms with Crippen molar-refractivity contribution in [1.82, 2.24) is 4.57 Å². The quantitative estimate of drug-likeness (QED) is 0.656. The first-order valence-corrected chi connectivity index (χ1v) is 7.15. The van der Waals surface area contributed by atoms with Gasteiger partial charge in [0, 0.05) is 41.5 Å². The average Bonchev–Trinajstić information content (AvgIpc) is 2.82. The van der Waals surface area contributed by atoms with Gasteiger partial charge in [-0.25, -0.2) is 0 Å². The highest BCUT2D eigenvalue weighted by molar-refractivity contribution is 7.07. The number of nitro groups is 1. The van der Waals surface area contributed by atoms with Crippen LogP contribution in [0.3, 0.4) is 0 Å². The monoisotopic (exact) mass is 293 g/mol. The van der Waals surface area contributed by atoms with Gasteiger partial charge in [0.2, 0.25) is 0 Å². The summed E-state index contributed by atoms with van der Waals surface area (Å²) in [6.45, 7) is 3.15. The standard InChI is InChI=1S/C13H15N3O3S/c1-2-5-14-12-4-3-11(16(18)19)8-10(12)9-15-6-7-20-13(15)17/h3-4,6-8,14H,2,5,9H2,1H3. The summed E-state index contributed by atoms with van der Waals surface area (Å²) in [4.78, 5) is 22.0. The molecule has 2 aromatic rings. The molecule has 0 spiro atoms. The van der Waals surface area contributed by atoms with Crippen molar-refractivity contribution in [2.75, 3.05) is 11.9 Å². The Hall–Kier alpha value is -2.15. The van der Waals surface area contributed by atoms with E-state index >= 15 is 0 Å². The number of anilines is 1. The lowest BCUT2D eigenvalue weighted by Crippen LogP contribution is -2.14. The van der Waals surface area contributed by atoms with E-state index in [2.05, 4.69) is 5.32 Å². The molecule has 7 heteroatoms. The molecule has 1 heterocycles. The summed E-state index contributed by atoms with van der Waals surface area (Å²) in [5, 5.41) is 15.8. The number of benzene rings is 1. The molecule has 0 saturated heterocycles. The van der Waals surface area contributed by atoms with Gasteiger partial charge < -0.3 is 9.88 Å². The number of thiazole rings is 1. The third-order valence-corrected chi connectivity index (χ3v) is 3.54. The van der Waals surface area contributed by atoms with Crippen molar-refractivity contribution in [2.24, 2.45) is 0 Å². The lowest BCUT2D eigenvalue weighted by molar-refractivity contribution is -0.384. The minimum atomic E-state index is -0.427. The van der Waals surface area contributed by atoms with Crippen LogP contribution < -0.4 is 10.2 Å². The van der Waals surface area contributed by atoms with E-state index in [4.69, 9.17) is 0 Å². The van der Waals surface area contributed by atoms with Crippen molar-refractivity contribution >= 4 is 22.7 Å². The molecule has 6 nitrogen and oxygen atoms in total. The first-order valence-electron chi connectivity index (χ1n) is 6.27. The molecule has 1 aromatic heterocycles. The fourth-order valence-corrected chi connectivity index (χ4v) is 2.43. The Morgan fingerprint density at radius 1 is 1.45 bits per heavy atom. The molecule has 0 atom stereocenters. The molecule has 0 saturated carbocycles. The number of hydrogen-bond acceptors (Lipinski definition) is 5. The first kappa shape index (κ1) is 14.3. The number of nitrogens with zero attached hydrogens (tertiary/aromatic N) is 2. The third kappa shape index (κ3) is 3.24. The molecule has 106 valence electrons. The molecule has 0 unspecified atom stereocenters. The minimum Gasteiger partial charge on any atom is -0.385 e. The van der Waals surface area contributed by atoms with Crippen LogP contribution in [0.5, 0.6) is 0 Å². The molecule has 0 bridgehead atoms. The highest BCUT2D eigenvalue weighted by Crippen LogP contribution is 2.23. The van der Waals surface area contributed by atoms with Crippen molar-refractivity contribution in [2.45, 2.75) is 19.9 Å². The number of non-ortho nitro benzene ring substituents is 1. The summed E-state index contributed by atoms with van der Waals surface area (Å²) in [7, 11) is 0. The van der Waals surface area contributed by atoms with E-state index in [0.717, 1.165) is 35.6 Å². The zero-order chi connectivity index (χ0) is 14.5. The van der Waals surface area contributed by atoms with E-state index in [1.165, 1.54) is 12.1 Å². The van der Waals surface area contributed by atoms with Crippen molar-refractivity contribution in [3.8, 4) is 0 Å². The zero-order valence-electron chi connectivity index (χ0n) is 11.0. The molecule has 0 aliphatic rings. The molecular formula is C13H15N3O3S. The van der Waals surface area contributed by atoms with Crippen LogP contribution in [0.25, 0.3) is 0 Å². The van der Waals surface area contributed by atoms with Crippen LogP contribution in [0.1, 0.15) is 18.9 Å². The van der Waals surface area contributed by atoms with Crippen molar-refractivity contribution in [3.63, 3.8) is 0 Å². The van der Waals surface area contributed by atoms with Crippen LogP contribution >= 0.6 is 11.3 Å². The molecule has 2 rings (SSSR count). The predicted molar refractivity (Wildman–Crippen MR) is 79.6 cm³/mol. The number of hydrogen-bond donors (Lipinski definition) is 1. The van der Waals surface area contributed by atoms with Gasteiger partial charge in [0.05, 0.1) is 11.5 Å². The fraction of sp³-hybridized carbons (Fsp3) is 0.308. The second-order valence-electron chi connectivity index (χ2n) is 4.32. The van der Waals surface area contributed by atoms with Gasteiger partial charge in [-0.05, 0) is 12.5 Å². The summed E-state index contributed by atoms with van der Waals surface area (Å²) in [5.74, 6) is 0. The van der Waals surface area contributed by atoms with Crippen molar-refractivity contribution < 1.29 is 4.92 Å². The molecule has 0 fully saturated rings. The average molecular weight is 293 g/mol. The van der Waals surface area contributed by atoms with Gasteiger partial charge in [-0.3, -0.25) is 14.9 Å². The molecule has 1 N–H and O–H groups in total. The number of nitro benzene ring substituents is 1. The highest BCUT2D eigenvalue weighted by Gasteiger charge is 2.11. The summed E-state index contributed by atoms with van der Waals surface area (Å²) >= 11 is 1.11. The molecule has 1 aromatic carbocycles. The van der Waals surface area contributed by atoms with Gasteiger partial charge in [-0.1, -0.05) is 18.3 Å². The summed E-state index contributed by atoms with van der Waals surface area (Å²) in [6.07, 6.45) is 2.64. The van der Waals surface area contributed by atoms with Crippen molar-refractivity contribution in [1.29, 1.82) is 0 Å². The van der Waals surface area contributed by atoms with Gasteiger partial charge >= 0.3 is 4.87 Å². The second kappa shape index (κ2) is 6.33. The molecule has 0 amide bonds. The van der Waals surface area contributed by atoms with Gasteiger partial charge in [0.1, 0.15) is 0 Å². The van der Waals surface area contributed by atoms with E-state index in [1.54, 1.807) is 22.2 Å². The van der Waals surface area contributed by atoms with Crippen LogP contribution in [0, 0.1) is 10.1 Å². The maximum Gasteiger partial charge on any atom is 0.307 e. The molecule has 0 aliphatic carbocycles. The zero-order valence-corrected chi connectivity index (χ0v) is 11.9. The lowest BCUT2D eigenvalue weighted by Gasteiger charge is -2.11. The fourth-order valence-electron chi connectivity index (χ4n) is 1.85. The molecular weight excluding hydrogens is 278 g/mol. The van der Waals surface area contributed by atoms with Gasteiger partial charge in [-0.2, -0.15) is 0 Å². The van der Waals surface area contributed by atoms with Crippen LogP contribution in [0.2, 0.25) is 0 Å². The van der Waals surface area contributed by atoms with Crippen LogP contribution in [-0.2, 0) is 6.54 Å². The Balaban J connectivity index is 2.35. The first-order chi connectivity index (χ1) is 9.61. The van der Waals surface area contributed by atoms with E-state index < -0.39 is 4.92 Å².